The maximum Gasteiger partial charge on any atom is 0.251 e. The second kappa shape index (κ2) is 5.87. The number of amides is 1. The Morgan fingerprint density at radius 2 is 2.11 bits per heavy atom. The van der Waals surface area contributed by atoms with Gasteiger partial charge in [-0.2, -0.15) is 0 Å². The Bertz CT molecular complexity index is 402. The van der Waals surface area contributed by atoms with E-state index in [0.29, 0.717) is 13.2 Å². The van der Waals surface area contributed by atoms with E-state index in [0.717, 1.165) is 24.3 Å². The second-order valence-corrected chi connectivity index (χ2v) is 4.47. The summed E-state index contributed by atoms with van der Waals surface area (Å²) in [6.45, 7) is 3.87. The van der Waals surface area contributed by atoms with Crippen LogP contribution in [0.25, 0.3) is 0 Å². The molecule has 0 N–H and O–H groups in total. The Morgan fingerprint density at radius 1 is 1.39 bits per heavy atom. The molecule has 1 atom stereocenters. The summed E-state index contributed by atoms with van der Waals surface area (Å²) >= 11 is 0. The van der Waals surface area contributed by atoms with Crippen LogP contribution in [0.3, 0.4) is 0 Å². The molecule has 1 aromatic carbocycles. The van der Waals surface area contributed by atoms with Gasteiger partial charge in [-0.15, -0.1) is 0 Å². The molecule has 0 unspecified atom stereocenters. The summed E-state index contributed by atoms with van der Waals surface area (Å²) < 4.78 is 10.5. The molecular weight excluding hydrogens is 230 g/mol. The molecule has 0 saturated carbocycles. The summed E-state index contributed by atoms with van der Waals surface area (Å²) in [5.41, 5.74) is 1.11. The monoisotopic (exact) mass is 249 g/mol. The van der Waals surface area contributed by atoms with E-state index >= 15 is 0 Å². The first-order chi connectivity index (χ1) is 8.70. The van der Waals surface area contributed by atoms with Gasteiger partial charge in [0.2, 0.25) is 0 Å². The summed E-state index contributed by atoms with van der Waals surface area (Å²) in [5, 5.41) is 0. The van der Waals surface area contributed by atoms with Gasteiger partial charge >= 0.3 is 0 Å². The van der Waals surface area contributed by atoms with Gasteiger partial charge in [0, 0.05) is 19.7 Å². The zero-order valence-electron chi connectivity index (χ0n) is 10.9. The predicted octanol–water partition coefficient (Wildman–Crippen LogP) is 1.83. The third-order valence-electron chi connectivity index (χ3n) is 3.13. The first-order valence-corrected chi connectivity index (χ1v) is 6.24. The molecule has 0 radical (unpaired) electrons. The standard InChI is InChI=1S/C14H19NO3/c1-11-14(16)15(8-3-9-18-11)10-12-4-6-13(17-2)7-5-12/h4-7,11H,3,8-10H2,1-2H3/t11-/m1/s1. The smallest absolute Gasteiger partial charge is 0.251 e. The highest BCUT2D eigenvalue weighted by molar-refractivity contribution is 5.80. The van der Waals surface area contributed by atoms with Crippen LogP contribution >= 0.6 is 0 Å². The molecule has 98 valence electrons. The number of ether oxygens (including phenoxy) is 2. The van der Waals surface area contributed by atoms with Gasteiger partial charge in [-0.05, 0) is 31.0 Å². The van der Waals surface area contributed by atoms with Crippen LogP contribution in [-0.4, -0.2) is 37.2 Å². The minimum absolute atomic E-state index is 0.0725. The van der Waals surface area contributed by atoms with Crippen molar-refractivity contribution < 1.29 is 14.3 Å². The lowest BCUT2D eigenvalue weighted by atomic mass is 10.2. The Balaban J connectivity index is 2.04. The number of benzene rings is 1. The highest BCUT2D eigenvalue weighted by atomic mass is 16.5. The molecule has 0 spiro atoms. The van der Waals surface area contributed by atoms with Gasteiger partial charge in [0.15, 0.2) is 0 Å². The van der Waals surface area contributed by atoms with E-state index in [4.69, 9.17) is 9.47 Å². The van der Waals surface area contributed by atoms with Crippen molar-refractivity contribution in [2.24, 2.45) is 0 Å². The van der Waals surface area contributed by atoms with Crippen LogP contribution in [0.15, 0.2) is 24.3 Å². The lowest BCUT2D eigenvalue weighted by Gasteiger charge is -2.22. The number of rotatable bonds is 3. The van der Waals surface area contributed by atoms with Gasteiger partial charge in [-0.3, -0.25) is 4.79 Å². The molecule has 1 saturated heterocycles. The molecule has 4 nitrogen and oxygen atoms in total. The number of nitrogens with zero attached hydrogens (tertiary/aromatic N) is 1. The SMILES string of the molecule is COc1ccc(CN2CCCO[C@H](C)C2=O)cc1. The average molecular weight is 249 g/mol. The zero-order chi connectivity index (χ0) is 13.0. The van der Waals surface area contributed by atoms with Crippen molar-refractivity contribution in [1.29, 1.82) is 0 Å². The van der Waals surface area contributed by atoms with Crippen LogP contribution in [0.2, 0.25) is 0 Å². The maximum absolute atomic E-state index is 12.0. The van der Waals surface area contributed by atoms with E-state index < -0.39 is 0 Å². The second-order valence-electron chi connectivity index (χ2n) is 4.47. The average Bonchev–Trinajstić information content (AvgIpc) is 2.55. The molecule has 4 heteroatoms. The van der Waals surface area contributed by atoms with Gasteiger partial charge in [0.05, 0.1) is 7.11 Å². The normalized spacial score (nSPS) is 20.7. The minimum atomic E-state index is -0.328. The number of hydrogen-bond acceptors (Lipinski definition) is 3. The van der Waals surface area contributed by atoms with E-state index in [1.54, 1.807) is 7.11 Å². The van der Waals surface area contributed by atoms with Crippen LogP contribution < -0.4 is 4.74 Å². The molecule has 1 aliphatic heterocycles. The Labute approximate surface area is 107 Å². The Hall–Kier alpha value is -1.55. The number of methoxy groups -OCH3 is 1. The van der Waals surface area contributed by atoms with Gasteiger partial charge in [0.1, 0.15) is 11.9 Å². The summed E-state index contributed by atoms with van der Waals surface area (Å²) in [6.07, 6.45) is 0.567. The van der Waals surface area contributed by atoms with Crippen molar-refractivity contribution in [3.8, 4) is 5.75 Å². The third-order valence-corrected chi connectivity index (χ3v) is 3.13. The zero-order valence-corrected chi connectivity index (χ0v) is 10.9. The topological polar surface area (TPSA) is 38.8 Å². The third kappa shape index (κ3) is 3.01. The van der Waals surface area contributed by atoms with Crippen molar-refractivity contribution >= 4 is 5.91 Å². The number of carbonyl (C=O) groups excluding carboxylic acids is 1. The summed E-state index contributed by atoms with van der Waals surface area (Å²) in [4.78, 5) is 13.9. The molecule has 2 rings (SSSR count). The predicted molar refractivity (Wildman–Crippen MR) is 68.4 cm³/mol. The molecule has 1 fully saturated rings. The molecular formula is C14H19NO3. The molecule has 0 aliphatic carbocycles. The fraction of sp³-hybridized carbons (Fsp3) is 0.500. The number of carbonyl (C=O) groups is 1. The molecule has 1 amide bonds. The van der Waals surface area contributed by atoms with Gasteiger partial charge in [-0.1, -0.05) is 12.1 Å². The van der Waals surface area contributed by atoms with Crippen LogP contribution in [-0.2, 0) is 16.1 Å². The van der Waals surface area contributed by atoms with Crippen molar-refractivity contribution in [3.63, 3.8) is 0 Å². The molecule has 0 bridgehead atoms. The van der Waals surface area contributed by atoms with Crippen molar-refractivity contribution in [2.75, 3.05) is 20.3 Å². The highest BCUT2D eigenvalue weighted by Crippen LogP contribution is 2.15. The quantitative estimate of drug-likeness (QED) is 0.820. The van der Waals surface area contributed by atoms with Crippen LogP contribution in [0.5, 0.6) is 5.75 Å². The first kappa shape index (κ1) is 12.9. The van der Waals surface area contributed by atoms with E-state index in [1.807, 2.05) is 36.1 Å². The Morgan fingerprint density at radius 3 is 2.78 bits per heavy atom. The van der Waals surface area contributed by atoms with Crippen molar-refractivity contribution in [3.05, 3.63) is 29.8 Å². The van der Waals surface area contributed by atoms with Crippen LogP contribution in [0.4, 0.5) is 0 Å². The van der Waals surface area contributed by atoms with E-state index in [2.05, 4.69) is 0 Å². The lowest BCUT2D eigenvalue weighted by molar-refractivity contribution is -0.140. The molecule has 0 aromatic heterocycles. The maximum atomic E-state index is 12.0. The van der Waals surface area contributed by atoms with Crippen LogP contribution in [0, 0.1) is 0 Å². The van der Waals surface area contributed by atoms with Crippen molar-refractivity contribution in [1.82, 2.24) is 4.90 Å². The van der Waals surface area contributed by atoms with Gasteiger partial charge in [0.25, 0.3) is 5.91 Å². The molecule has 1 heterocycles. The van der Waals surface area contributed by atoms with E-state index in [1.165, 1.54) is 0 Å². The highest BCUT2D eigenvalue weighted by Gasteiger charge is 2.23. The minimum Gasteiger partial charge on any atom is -0.497 e. The van der Waals surface area contributed by atoms with E-state index in [-0.39, 0.29) is 12.0 Å². The van der Waals surface area contributed by atoms with Crippen molar-refractivity contribution in [2.45, 2.75) is 26.0 Å². The Kier molecular flexibility index (Phi) is 4.20. The fourth-order valence-corrected chi connectivity index (χ4v) is 2.06. The largest absolute Gasteiger partial charge is 0.497 e. The molecule has 1 aromatic rings. The summed E-state index contributed by atoms with van der Waals surface area (Å²) in [7, 11) is 1.65. The fourth-order valence-electron chi connectivity index (χ4n) is 2.06. The van der Waals surface area contributed by atoms with E-state index in [9.17, 15) is 4.79 Å². The summed E-state index contributed by atoms with van der Waals surface area (Å²) in [5.74, 6) is 0.904. The first-order valence-electron chi connectivity index (χ1n) is 6.24. The lowest BCUT2D eigenvalue weighted by Crippen LogP contribution is -2.36. The summed E-state index contributed by atoms with van der Waals surface area (Å²) in [6, 6.07) is 7.81. The van der Waals surface area contributed by atoms with Gasteiger partial charge in [-0.25, -0.2) is 0 Å². The number of hydrogen-bond donors (Lipinski definition) is 0. The van der Waals surface area contributed by atoms with Gasteiger partial charge < -0.3 is 14.4 Å². The van der Waals surface area contributed by atoms with Crippen LogP contribution in [0.1, 0.15) is 18.9 Å². The molecule has 1 aliphatic rings. The molecule has 18 heavy (non-hydrogen) atoms.